The second-order valence-electron chi connectivity index (χ2n) is 5.60. The molecule has 2 heterocycles. The van der Waals surface area contributed by atoms with Crippen LogP contribution < -0.4 is 0 Å². The van der Waals surface area contributed by atoms with Gasteiger partial charge in [0.05, 0.1) is 21.7 Å². The number of hydrogen-bond acceptors (Lipinski definition) is 4. The highest BCUT2D eigenvalue weighted by Gasteiger charge is 2.11. The molecule has 5 heteroatoms. The minimum Gasteiger partial charge on any atom is -0.258 e. The van der Waals surface area contributed by atoms with E-state index in [1.54, 1.807) is 18.3 Å². The third-order valence-electron chi connectivity index (χ3n) is 4.02. The van der Waals surface area contributed by atoms with Crippen molar-refractivity contribution in [2.75, 3.05) is 0 Å². The molecule has 4 aromatic rings. The average Bonchev–Trinajstić information content (AvgIpc) is 2.68. The van der Waals surface area contributed by atoms with Gasteiger partial charge in [-0.15, -0.1) is 0 Å². The third kappa shape index (κ3) is 2.83. The van der Waals surface area contributed by atoms with Crippen molar-refractivity contribution < 1.29 is 4.92 Å². The lowest BCUT2D eigenvalue weighted by Crippen LogP contribution is -1.92. The largest absolute Gasteiger partial charge is 0.269 e. The minimum atomic E-state index is -0.406. The molecule has 0 saturated heterocycles. The van der Waals surface area contributed by atoms with Crippen molar-refractivity contribution in [2.45, 2.75) is 0 Å². The second-order valence-corrected chi connectivity index (χ2v) is 5.60. The Kier molecular flexibility index (Phi) is 3.67. The Bertz CT molecular complexity index is 1060. The average molecular weight is 327 g/mol. The number of aromatic nitrogens is 2. The van der Waals surface area contributed by atoms with Crippen LogP contribution >= 0.6 is 0 Å². The topological polar surface area (TPSA) is 68.9 Å². The zero-order chi connectivity index (χ0) is 17.2. The molecule has 0 radical (unpaired) electrons. The predicted molar refractivity (Wildman–Crippen MR) is 97.1 cm³/mol. The summed E-state index contributed by atoms with van der Waals surface area (Å²) in [5.41, 5.74) is 5.31. The molecule has 0 aliphatic carbocycles. The maximum Gasteiger partial charge on any atom is 0.269 e. The van der Waals surface area contributed by atoms with E-state index in [4.69, 9.17) is 0 Å². The van der Waals surface area contributed by atoms with E-state index in [0.29, 0.717) is 0 Å². The number of hydrogen-bond donors (Lipinski definition) is 0. The lowest BCUT2D eigenvalue weighted by atomic mass is 10.0. The van der Waals surface area contributed by atoms with Gasteiger partial charge >= 0.3 is 0 Å². The molecule has 4 rings (SSSR count). The quantitative estimate of drug-likeness (QED) is 0.397. The fraction of sp³-hybridized carbons (Fsp3) is 0. The van der Waals surface area contributed by atoms with Crippen LogP contribution in [0.25, 0.3) is 33.4 Å². The van der Waals surface area contributed by atoms with Gasteiger partial charge < -0.3 is 0 Å². The number of pyridine rings is 2. The third-order valence-corrected chi connectivity index (χ3v) is 4.02. The van der Waals surface area contributed by atoms with Crippen LogP contribution in [0.3, 0.4) is 0 Å². The predicted octanol–water partition coefficient (Wildman–Crippen LogP) is 4.87. The van der Waals surface area contributed by atoms with Gasteiger partial charge in [-0.05, 0) is 35.9 Å². The van der Waals surface area contributed by atoms with Crippen LogP contribution in [0.4, 0.5) is 5.69 Å². The lowest BCUT2D eigenvalue weighted by Gasteiger charge is -2.09. The molecular formula is C20H13N3O2. The first-order valence-corrected chi connectivity index (χ1v) is 7.78. The molecule has 0 amide bonds. The number of fused-ring (bicyclic) bond motifs is 1. The monoisotopic (exact) mass is 327 g/mol. The van der Waals surface area contributed by atoms with E-state index in [2.05, 4.69) is 9.97 Å². The van der Waals surface area contributed by atoms with Crippen molar-refractivity contribution in [2.24, 2.45) is 0 Å². The summed E-state index contributed by atoms with van der Waals surface area (Å²) in [6.07, 6.45) is 1.75. The van der Waals surface area contributed by atoms with Crippen molar-refractivity contribution in [3.8, 4) is 22.4 Å². The van der Waals surface area contributed by atoms with Gasteiger partial charge in [-0.2, -0.15) is 0 Å². The molecule has 0 unspecified atom stereocenters. The first kappa shape index (κ1) is 15.0. The van der Waals surface area contributed by atoms with Crippen molar-refractivity contribution >= 4 is 16.7 Å². The maximum absolute atomic E-state index is 10.8. The molecule has 5 nitrogen and oxygen atoms in total. The Morgan fingerprint density at radius 3 is 2.32 bits per heavy atom. The lowest BCUT2D eigenvalue weighted by molar-refractivity contribution is -0.384. The van der Waals surface area contributed by atoms with Gasteiger partial charge in [0.2, 0.25) is 0 Å². The highest BCUT2D eigenvalue weighted by atomic mass is 16.6. The van der Waals surface area contributed by atoms with Crippen LogP contribution in [0.2, 0.25) is 0 Å². The van der Waals surface area contributed by atoms with Gasteiger partial charge in [0, 0.05) is 29.5 Å². The van der Waals surface area contributed by atoms with E-state index in [-0.39, 0.29) is 5.69 Å². The van der Waals surface area contributed by atoms with Crippen LogP contribution in [-0.4, -0.2) is 14.9 Å². The summed E-state index contributed by atoms with van der Waals surface area (Å²) in [6, 6.07) is 22.2. The zero-order valence-electron chi connectivity index (χ0n) is 13.2. The Balaban J connectivity index is 1.92. The first-order chi connectivity index (χ1) is 12.2. The van der Waals surface area contributed by atoms with Gasteiger partial charge in [-0.25, -0.2) is 4.98 Å². The number of benzene rings is 2. The fourth-order valence-corrected chi connectivity index (χ4v) is 2.80. The smallest absolute Gasteiger partial charge is 0.258 e. The van der Waals surface area contributed by atoms with Crippen LogP contribution in [0.1, 0.15) is 0 Å². The van der Waals surface area contributed by atoms with E-state index in [1.807, 2.05) is 48.5 Å². The molecule has 0 aliphatic rings. The fourth-order valence-electron chi connectivity index (χ4n) is 2.80. The van der Waals surface area contributed by atoms with Crippen LogP contribution in [0, 0.1) is 10.1 Å². The van der Waals surface area contributed by atoms with E-state index >= 15 is 0 Å². The van der Waals surface area contributed by atoms with E-state index in [0.717, 1.165) is 33.4 Å². The van der Waals surface area contributed by atoms with Crippen LogP contribution in [-0.2, 0) is 0 Å². The van der Waals surface area contributed by atoms with Gasteiger partial charge in [0.15, 0.2) is 0 Å². The van der Waals surface area contributed by atoms with E-state index in [9.17, 15) is 10.1 Å². The van der Waals surface area contributed by atoms with Crippen molar-refractivity contribution in [3.05, 3.63) is 89.1 Å². The Morgan fingerprint density at radius 1 is 0.840 bits per heavy atom. The number of nitro groups is 1. The van der Waals surface area contributed by atoms with Crippen LogP contribution in [0.15, 0.2) is 79.0 Å². The van der Waals surface area contributed by atoms with E-state index in [1.165, 1.54) is 12.1 Å². The van der Waals surface area contributed by atoms with Gasteiger partial charge in [-0.3, -0.25) is 15.1 Å². The molecule has 2 aromatic heterocycles. The standard InChI is InChI=1S/C20H13N3O2/c24-23(25)16-10-8-15(9-11-16)19-13-17(14-5-2-1-3-6-14)20-18(22-19)7-4-12-21-20/h1-13H. The Morgan fingerprint density at radius 2 is 1.60 bits per heavy atom. The maximum atomic E-state index is 10.8. The molecule has 0 N–H and O–H groups in total. The van der Waals surface area contributed by atoms with Crippen molar-refractivity contribution in [1.82, 2.24) is 9.97 Å². The first-order valence-electron chi connectivity index (χ1n) is 7.78. The molecular weight excluding hydrogens is 314 g/mol. The molecule has 0 saturated carbocycles. The summed E-state index contributed by atoms with van der Waals surface area (Å²) in [5, 5.41) is 10.8. The number of nitrogens with zero attached hydrogens (tertiary/aromatic N) is 3. The van der Waals surface area contributed by atoms with Gasteiger partial charge in [-0.1, -0.05) is 30.3 Å². The zero-order valence-corrected chi connectivity index (χ0v) is 13.2. The summed E-state index contributed by atoms with van der Waals surface area (Å²) in [5.74, 6) is 0. The summed E-state index contributed by atoms with van der Waals surface area (Å²) in [7, 11) is 0. The summed E-state index contributed by atoms with van der Waals surface area (Å²) < 4.78 is 0. The molecule has 0 spiro atoms. The summed E-state index contributed by atoms with van der Waals surface area (Å²) >= 11 is 0. The molecule has 0 atom stereocenters. The highest BCUT2D eigenvalue weighted by molar-refractivity contribution is 5.93. The number of non-ortho nitro benzene ring substituents is 1. The number of nitro benzene ring substituents is 1. The number of rotatable bonds is 3. The SMILES string of the molecule is O=[N+]([O-])c1ccc(-c2cc(-c3ccccc3)c3ncccc3n2)cc1. The molecule has 0 aliphatic heterocycles. The van der Waals surface area contributed by atoms with Crippen molar-refractivity contribution in [1.29, 1.82) is 0 Å². The van der Waals surface area contributed by atoms with Crippen LogP contribution in [0.5, 0.6) is 0 Å². The molecule has 120 valence electrons. The molecule has 2 aromatic carbocycles. The second kappa shape index (κ2) is 6.13. The summed E-state index contributed by atoms with van der Waals surface area (Å²) in [6.45, 7) is 0. The molecule has 0 bridgehead atoms. The minimum absolute atomic E-state index is 0.0643. The highest BCUT2D eigenvalue weighted by Crippen LogP contribution is 2.31. The van der Waals surface area contributed by atoms with E-state index < -0.39 is 4.92 Å². The Labute approximate surface area is 143 Å². The normalized spacial score (nSPS) is 10.7. The summed E-state index contributed by atoms with van der Waals surface area (Å²) in [4.78, 5) is 19.6. The Hall–Kier alpha value is -3.60. The van der Waals surface area contributed by atoms with Gasteiger partial charge in [0.1, 0.15) is 0 Å². The van der Waals surface area contributed by atoms with Crippen molar-refractivity contribution in [3.63, 3.8) is 0 Å². The molecule has 0 fully saturated rings. The molecule has 25 heavy (non-hydrogen) atoms. The van der Waals surface area contributed by atoms with Gasteiger partial charge in [0.25, 0.3) is 5.69 Å².